The molecule has 210 valence electrons. The Morgan fingerprint density at radius 2 is 1.74 bits per heavy atom. The summed E-state index contributed by atoms with van der Waals surface area (Å²) < 4.78 is 0. The number of aliphatic hydroxyl groups is 1. The number of nitrogens with two attached hydrogens (primary N) is 1. The molecule has 0 spiro atoms. The number of benzene rings is 1. The van der Waals surface area contributed by atoms with Crippen molar-refractivity contribution in [2.24, 2.45) is 35.3 Å². The number of fused-ring (bicyclic) bond motifs is 3. The average Bonchev–Trinajstić information content (AvgIpc) is 2.84. The largest absolute Gasteiger partial charge is 0.507 e. The SMILES string of the molecule is CCCCC[C@@H]1c2cccc(O)c2C(=O)C2C(=O)[C@@]3(O)C(=O)C(C(N)=O)C(=O)[C@H](N(C)C)[C@H]3[C@H](CC(C)=O)[C@H]21. The first kappa shape index (κ1) is 28.8. The molecule has 0 aromatic heterocycles. The van der Waals surface area contributed by atoms with Crippen LogP contribution in [0.2, 0.25) is 0 Å². The highest BCUT2D eigenvalue weighted by Gasteiger charge is 2.72. The third kappa shape index (κ3) is 4.24. The molecular formula is C29H36N2O8. The van der Waals surface area contributed by atoms with Gasteiger partial charge in [-0.1, -0.05) is 38.3 Å². The maximum Gasteiger partial charge on any atom is 0.235 e. The van der Waals surface area contributed by atoms with Gasteiger partial charge in [0.1, 0.15) is 11.5 Å². The topological polar surface area (TPSA) is 172 Å². The Morgan fingerprint density at radius 3 is 2.31 bits per heavy atom. The second-order valence-electron chi connectivity index (χ2n) is 11.5. The maximum atomic E-state index is 14.3. The number of Topliss-reactive ketones (excluding diaryl/α,β-unsaturated/α-hetero) is 5. The van der Waals surface area contributed by atoms with E-state index in [1.807, 2.05) is 6.92 Å². The van der Waals surface area contributed by atoms with Gasteiger partial charge in [0.15, 0.2) is 34.7 Å². The summed E-state index contributed by atoms with van der Waals surface area (Å²) in [5.41, 5.74) is 3.03. The summed E-state index contributed by atoms with van der Waals surface area (Å²) >= 11 is 0. The van der Waals surface area contributed by atoms with E-state index >= 15 is 0 Å². The molecule has 3 aliphatic carbocycles. The van der Waals surface area contributed by atoms with Gasteiger partial charge in [0.2, 0.25) is 5.91 Å². The highest BCUT2D eigenvalue weighted by Crippen LogP contribution is 2.58. The van der Waals surface area contributed by atoms with E-state index in [2.05, 4.69) is 0 Å². The lowest BCUT2D eigenvalue weighted by molar-refractivity contribution is -0.190. The fourth-order valence-corrected chi connectivity index (χ4v) is 7.54. The number of unbranched alkanes of at least 4 members (excludes halogenated alkanes) is 2. The van der Waals surface area contributed by atoms with Gasteiger partial charge in [-0.15, -0.1) is 0 Å². The smallest absolute Gasteiger partial charge is 0.235 e. The Kier molecular flexibility index (Phi) is 7.66. The number of carbonyl (C=O) groups is 6. The summed E-state index contributed by atoms with van der Waals surface area (Å²) in [7, 11) is 3.05. The number of nitrogens with zero attached hydrogens (tertiary/aromatic N) is 1. The van der Waals surface area contributed by atoms with E-state index in [0.717, 1.165) is 19.3 Å². The molecule has 0 aliphatic heterocycles. The molecule has 39 heavy (non-hydrogen) atoms. The summed E-state index contributed by atoms with van der Waals surface area (Å²) in [5.74, 6) is -13.1. The molecule has 8 atom stereocenters. The van der Waals surface area contributed by atoms with Crippen molar-refractivity contribution in [3.8, 4) is 5.75 Å². The van der Waals surface area contributed by atoms with Crippen LogP contribution in [-0.2, 0) is 24.0 Å². The molecule has 1 amide bonds. The van der Waals surface area contributed by atoms with E-state index < -0.39 is 76.2 Å². The van der Waals surface area contributed by atoms with Crippen LogP contribution < -0.4 is 5.73 Å². The summed E-state index contributed by atoms with van der Waals surface area (Å²) in [4.78, 5) is 81.8. The van der Waals surface area contributed by atoms with Crippen molar-refractivity contribution in [3.05, 3.63) is 29.3 Å². The molecule has 10 nitrogen and oxygen atoms in total. The first-order chi connectivity index (χ1) is 18.3. The van der Waals surface area contributed by atoms with E-state index in [-0.39, 0.29) is 23.5 Å². The van der Waals surface area contributed by atoms with Gasteiger partial charge in [-0.05, 0) is 56.8 Å². The Labute approximate surface area is 226 Å². The van der Waals surface area contributed by atoms with E-state index in [1.54, 1.807) is 12.1 Å². The second-order valence-corrected chi connectivity index (χ2v) is 11.5. The molecule has 2 saturated carbocycles. The fraction of sp³-hybridized carbons (Fsp3) is 0.586. The number of amides is 1. The molecule has 1 aromatic rings. The van der Waals surface area contributed by atoms with Crippen LogP contribution in [-0.4, -0.2) is 75.7 Å². The molecule has 4 rings (SSSR count). The van der Waals surface area contributed by atoms with E-state index in [1.165, 1.54) is 32.0 Å². The summed E-state index contributed by atoms with van der Waals surface area (Å²) in [6.45, 7) is 3.37. The lowest BCUT2D eigenvalue weighted by atomic mass is 9.45. The number of aromatic hydroxyl groups is 1. The third-order valence-corrected chi connectivity index (χ3v) is 8.99. The zero-order valence-corrected chi connectivity index (χ0v) is 22.7. The summed E-state index contributed by atoms with van der Waals surface area (Å²) in [6.07, 6.45) is 2.85. The van der Waals surface area contributed by atoms with Crippen molar-refractivity contribution in [2.75, 3.05) is 14.1 Å². The van der Waals surface area contributed by atoms with Crippen LogP contribution in [0.4, 0.5) is 0 Å². The summed E-state index contributed by atoms with van der Waals surface area (Å²) in [6, 6.07) is 3.40. The molecule has 3 aliphatic rings. The monoisotopic (exact) mass is 540 g/mol. The summed E-state index contributed by atoms with van der Waals surface area (Å²) in [5, 5.41) is 22.7. The van der Waals surface area contributed by atoms with Gasteiger partial charge in [-0.25, -0.2) is 0 Å². The molecular weight excluding hydrogens is 504 g/mol. The lowest BCUT2D eigenvalue weighted by Crippen LogP contribution is -2.76. The zero-order chi connectivity index (χ0) is 29.0. The molecule has 10 heteroatoms. The van der Waals surface area contributed by atoms with Gasteiger partial charge in [-0.2, -0.15) is 0 Å². The van der Waals surface area contributed by atoms with Gasteiger partial charge < -0.3 is 20.7 Å². The number of carbonyl (C=O) groups excluding carboxylic acids is 6. The number of likely N-dealkylation sites (N-methyl/N-ethyl adjacent to an activating group) is 1. The molecule has 4 N–H and O–H groups in total. The van der Waals surface area contributed by atoms with Gasteiger partial charge >= 0.3 is 0 Å². The lowest BCUT2D eigenvalue weighted by Gasteiger charge is -2.58. The van der Waals surface area contributed by atoms with Crippen LogP contribution in [0.1, 0.15) is 67.8 Å². The third-order valence-electron chi connectivity index (χ3n) is 8.99. The van der Waals surface area contributed by atoms with Gasteiger partial charge in [0.05, 0.1) is 17.5 Å². The number of ketones is 5. The van der Waals surface area contributed by atoms with Crippen LogP contribution in [0.3, 0.4) is 0 Å². The molecule has 2 fully saturated rings. The number of phenolic OH excluding ortho intramolecular Hbond substituents is 1. The van der Waals surface area contributed by atoms with Crippen molar-refractivity contribution in [1.29, 1.82) is 0 Å². The average molecular weight is 541 g/mol. The van der Waals surface area contributed by atoms with Gasteiger partial charge in [0.25, 0.3) is 0 Å². The van der Waals surface area contributed by atoms with Crippen LogP contribution in [0, 0.1) is 29.6 Å². The Balaban J connectivity index is 2.02. The predicted molar refractivity (Wildman–Crippen MR) is 139 cm³/mol. The number of hydrogen-bond acceptors (Lipinski definition) is 9. The molecule has 0 radical (unpaired) electrons. The quantitative estimate of drug-likeness (QED) is 0.323. The molecule has 0 saturated heterocycles. The Morgan fingerprint density at radius 1 is 1.08 bits per heavy atom. The standard InChI is InChI=1S/C29H36N2O8/c1-5-6-7-9-14-15-10-8-11-17(33)19(15)24(34)20-18(14)16(12-13(2)32)22-23(31(3)4)25(35)21(28(30)38)27(37)29(22,39)26(20)36/h8,10-11,14,16,18,20-23,33,39H,5-7,9,12H2,1-4H3,(H2,30,38)/t14-,16-,18-,20?,21?,22-,23-,29-/m1/s1. The number of primary amides is 1. The minimum Gasteiger partial charge on any atom is -0.507 e. The van der Waals surface area contributed by atoms with Crippen molar-refractivity contribution >= 4 is 34.8 Å². The maximum absolute atomic E-state index is 14.3. The fourth-order valence-electron chi connectivity index (χ4n) is 7.54. The normalized spacial score (nSPS) is 33.9. The van der Waals surface area contributed by atoms with Crippen molar-refractivity contribution in [1.82, 2.24) is 4.90 Å². The molecule has 1 aromatic carbocycles. The van der Waals surface area contributed by atoms with E-state index in [4.69, 9.17) is 5.73 Å². The van der Waals surface area contributed by atoms with Crippen LogP contribution in [0.25, 0.3) is 0 Å². The second kappa shape index (κ2) is 10.4. The number of hydrogen-bond donors (Lipinski definition) is 3. The highest BCUT2D eigenvalue weighted by molar-refractivity contribution is 6.32. The van der Waals surface area contributed by atoms with Crippen molar-refractivity contribution in [3.63, 3.8) is 0 Å². The van der Waals surface area contributed by atoms with E-state index in [0.29, 0.717) is 12.0 Å². The van der Waals surface area contributed by atoms with Crippen molar-refractivity contribution in [2.45, 2.75) is 63.5 Å². The number of rotatable bonds is 8. The van der Waals surface area contributed by atoms with Crippen molar-refractivity contribution < 1.29 is 39.0 Å². The molecule has 0 bridgehead atoms. The van der Waals surface area contributed by atoms with Gasteiger partial charge in [0, 0.05) is 12.3 Å². The van der Waals surface area contributed by atoms with Crippen LogP contribution in [0.15, 0.2) is 18.2 Å². The van der Waals surface area contributed by atoms with E-state index in [9.17, 15) is 39.0 Å². The minimum absolute atomic E-state index is 0.0350. The van der Waals surface area contributed by atoms with Crippen LogP contribution in [0.5, 0.6) is 5.75 Å². The Hall–Kier alpha value is -3.24. The first-order valence-electron chi connectivity index (χ1n) is 13.5. The number of phenols is 1. The molecule has 0 heterocycles. The predicted octanol–water partition coefficient (Wildman–Crippen LogP) is 1.19. The first-order valence-corrected chi connectivity index (χ1v) is 13.5. The molecule has 2 unspecified atom stereocenters. The van der Waals surface area contributed by atoms with Gasteiger partial charge in [-0.3, -0.25) is 28.9 Å². The zero-order valence-electron chi connectivity index (χ0n) is 22.7. The van der Waals surface area contributed by atoms with Crippen LogP contribution >= 0.6 is 0 Å². The highest BCUT2D eigenvalue weighted by atomic mass is 16.3. The Bertz CT molecular complexity index is 1260. The minimum atomic E-state index is -2.89.